The van der Waals surface area contributed by atoms with Crippen LogP contribution in [0, 0.1) is 0 Å². The van der Waals surface area contributed by atoms with Gasteiger partial charge in [-0.15, -0.1) is 0 Å². The fourth-order valence-electron chi connectivity index (χ4n) is 12.8. The number of unbranched alkanes of at least 4 members (excludes halogenated alkanes) is 51. The van der Waals surface area contributed by atoms with Crippen LogP contribution in [0.5, 0.6) is 0 Å². The molecule has 7 unspecified atom stereocenters. The molecule has 0 radical (unpaired) electrons. The summed E-state index contributed by atoms with van der Waals surface area (Å²) < 4.78 is 11.3. The molecule has 0 aromatic rings. The van der Waals surface area contributed by atoms with E-state index >= 15 is 0 Å². The van der Waals surface area contributed by atoms with Gasteiger partial charge in [-0.25, -0.2) is 0 Å². The quantitative estimate of drug-likeness (QED) is 0.0261. The zero-order chi connectivity index (χ0) is 66.4. The second kappa shape index (κ2) is 71.4. The molecule has 1 amide bonds. The molecule has 1 aliphatic rings. The molecule has 0 aliphatic carbocycles. The largest absolute Gasteiger partial charge is 0.394 e. The highest BCUT2D eigenvalue weighted by molar-refractivity contribution is 5.76. The molecule has 1 fully saturated rings. The minimum absolute atomic E-state index is 0.180. The summed E-state index contributed by atoms with van der Waals surface area (Å²) in [6, 6.07) is -0.825. The van der Waals surface area contributed by atoms with Crippen molar-refractivity contribution in [1.29, 1.82) is 0 Å². The highest BCUT2D eigenvalue weighted by Gasteiger charge is 2.44. The van der Waals surface area contributed by atoms with Gasteiger partial charge in [-0.2, -0.15) is 0 Å². The van der Waals surface area contributed by atoms with E-state index < -0.39 is 49.5 Å². The van der Waals surface area contributed by atoms with E-state index in [0.29, 0.717) is 6.42 Å². The first-order valence-electron chi connectivity index (χ1n) is 40.2. The van der Waals surface area contributed by atoms with Crippen molar-refractivity contribution in [3.63, 3.8) is 0 Å². The molecule has 6 N–H and O–H groups in total. The second-order valence-electron chi connectivity index (χ2n) is 27.8. The van der Waals surface area contributed by atoms with Gasteiger partial charge >= 0.3 is 0 Å². The van der Waals surface area contributed by atoms with Crippen molar-refractivity contribution in [3.05, 3.63) is 72.9 Å². The maximum atomic E-state index is 13.2. The number of hydrogen-bond acceptors (Lipinski definition) is 8. The van der Waals surface area contributed by atoms with E-state index in [0.717, 1.165) is 64.2 Å². The molecule has 0 bridgehead atoms. The van der Waals surface area contributed by atoms with Crippen molar-refractivity contribution < 1.29 is 39.8 Å². The Morgan fingerprint density at radius 2 is 0.685 bits per heavy atom. The van der Waals surface area contributed by atoms with Gasteiger partial charge in [0.25, 0.3) is 0 Å². The molecule has 1 rings (SSSR count). The van der Waals surface area contributed by atoms with E-state index in [4.69, 9.17) is 9.47 Å². The number of hydrogen-bond donors (Lipinski definition) is 6. The summed E-state index contributed by atoms with van der Waals surface area (Å²) in [4.78, 5) is 13.2. The first kappa shape index (κ1) is 87.6. The van der Waals surface area contributed by atoms with Crippen molar-refractivity contribution in [2.24, 2.45) is 0 Å². The average Bonchev–Trinajstić information content (AvgIpc) is 1.00. The third-order valence-corrected chi connectivity index (χ3v) is 19.0. The molecule has 538 valence electrons. The molecule has 1 heterocycles. The predicted molar refractivity (Wildman–Crippen MR) is 396 cm³/mol. The van der Waals surface area contributed by atoms with Gasteiger partial charge < -0.3 is 40.3 Å². The van der Waals surface area contributed by atoms with E-state index in [1.807, 2.05) is 6.08 Å². The van der Waals surface area contributed by atoms with Gasteiger partial charge in [0.1, 0.15) is 24.4 Å². The molecular formula is C83H153NO8. The zero-order valence-corrected chi connectivity index (χ0v) is 60.6. The van der Waals surface area contributed by atoms with Crippen molar-refractivity contribution in [2.75, 3.05) is 13.2 Å². The van der Waals surface area contributed by atoms with Crippen molar-refractivity contribution in [2.45, 2.75) is 436 Å². The Labute approximate surface area is 569 Å². The summed E-state index contributed by atoms with van der Waals surface area (Å²) in [5, 5.41) is 54.9. The molecule has 7 atom stereocenters. The lowest BCUT2D eigenvalue weighted by Crippen LogP contribution is -2.60. The van der Waals surface area contributed by atoms with Crippen molar-refractivity contribution in [1.82, 2.24) is 5.32 Å². The number of allylic oxidation sites excluding steroid dienone is 11. The fourth-order valence-corrected chi connectivity index (χ4v) is 12.8. The summed E-state index contributed by atoms with van der Waals surface area (Å²) in [7, 11) is 0. The molecular weight excluding hydrogens is 1140 g/mol. The van der Waals surface area contributed by atoms with Gasteiger partial charge in [-0.3, -0.25) is 4.79 Å². The van der Waals surface area contributed by atoms with E-state index in [-0.39, 0.29) is 12.5 Å². The van der Waals surface area contributed by atoms with Gasteiger partial charge in [-0.05, 0) is 70.6 Å². The predicted octanol–water partition coefficient (Wildman–Crippen LogP) is 23.0. The van der Waals surface area contributed by atoms with Crippen LogP contribution >= 0.6 is 0 Å². The number of nitrogens with one attached hydrogen (secondary N) is 1. The van der Waals surface area contributed by atoms with Crippen LogP contribution in [0.1, 0.15) is 393 Å². The Morgan fingerprint density at radius 3 is 1.04 bits per heavy atom. The lowest BCUT2D eigenvalue weighted by molar-refractivity contribution is -0.302. The lowest BCUT2D eigenvalue weighted by Gasteiger charge is -2.40. The van der Waals surface area contributed by atoms with E-state index in [2.05, 4.69) is 79.9 Å². The molecule has 1 aliphatic heterocycles. The van der Waals surface area contributed by atoms with Gasteiger partial charge in [-0.1, -0.05) is 389 Å². The Hall–Kier alpha value is -2.37. The molecule has 0 spiro atoms. The highest BCUT2D eigenvalue weighted by Crippen LogP contribution is 2.24. The molecule has 9 heteroatoms. The number of carbonyl (C=O) groups excluding carboxylic acids is 1. The van der Waals surface area contributed by atoms with Gasteiger partial charge in [0.05, 0.1) is 25.4 Å². The van der Waals surface area contributed by atoms with Crippen molar-refractivity contribution in [3.8, 4) is 0 Å². The Bertz CT molecular complexity index is 1690. The van der Waals surface area contributed by atoms with Crippen molar-refractivity contribution >= 4 is 5.91 Å². The number of aliphatic hydroxyl groups excluding tert-OH is 5. The van der Waals surface area contributed by atoms with Crippen LogP contribution in [0.4, 0.5) is 0 Å². The summed E-state index contributed by atoms with van der Waals surface area (Å²) >= 11 is 0. The van der Waals surface area contributed by atoms with Crippen LogP contribution in [0.2, 0.25) is 0 Å². The number of ether oxygens (including phenoxy) is 2. The number of carbonyl (C=O) groups is 1. The second-order valence-corrected chi connectivity index (χ2v) is 27.8. The van der Waals surface area contributed by atoms with E-state index in [1.165, 1.54) is 308 Å². The lowest BCUT2D eigenvalue weighted by atomic mass is 9.99. The normalized spacial score (nSPS) is 18.0. The SMILES string of the molecule is CC/C=C\C/C=C\C/C=C\C/C=C\CCCCCCCCCCCCCCCCCCCCCCCCCCC(=O)NC(COC1OC(CO)C(O)C(O)C1O)C(O)/C=C/CC/C=C/CCCCCCCCCCCCCCCCCCCCCCCCCCCC. The minimum atomic E-state index is -1.57. The maximum Gasteiger partial charge on any atom is 0.220 e. The highest BCUT2D eigenvalue weighted by atomic mass is 16.7. The smallest absolute Gasteiger partial charge is 0.220 e. The molecule has 9 nitrogen and oxygen atoms in total. The van der Waals surface area contributed by atoms with E-state index in [1.54, 1.807) is 6.08 Å². The third-order valence-electron chi connectivity index (χ3n) is 19.0. The fraction of sp³-hybridized carbons (Fsp3) is 0.843. The first-order valence-corrected chi connectivity index (χ1v) is 40.2. The van der Waals surface area contributed by atoms with Gasteiger partial charge in [0.2, 0.25) is 5.91 Å². The Balaban J connectivity index is 2.07. The number of rotatable bonds is 71. The number of aliphatic hydroxyl groups is 5. The molecule has 0 saturated carbocycles. The summed E-state index contributed by atoms with van der Waals surface area (Å²) in [6.07, 6.45) is 94.9. The van der Waals surface area contributed by atoms with Crippen LogP contribution in [0.15, 0.2) is 72.9 Å². The summed E-state index contributed by atoms with van der Waals surface area (Å²) in [6.45, 7) is 3.71. The van der Waals surface area contributed by atoms with Crippen LogP contribution in [0.3, 0.4) is 0 Å². The molecule has 0 aromatic heterocycles. The molecule has 1 saturated heterocycles. The van der Waals surface area contributed by atoms with Crippen LogP contribution in [-0.2, 0) is 14.3 Å². The maximum absolute atomic E-state index is 13.2. The van der Waals surface area contributed by atoms with E-state index in [9.17, 15) is 30.3 Å². The topological polar surface area (TPSA) is 149 Å². The minimum Gasteiger partial charge on any atom is -0.394 e. The molecule has 0 aromatic carbocycles. The summed E-state index contributed by atoms with van der Waals surface area (Å²) in [5.41, 5.74) is 0. The Kier molecular flexibility index (Phi) is 68.0. The zero-order valence-electron chi connectivity index (χ0n) is 60.6. The average molecular weight is 1290 g/mol. The standard InChI is InChI=1S/C83H153NO8/c1-3-5-7-9-11-13-15-17-19-21-23-25-27-29-31-33-35-37-38-39-40-41-43-45-47-49-51-53-55-57-59-61-63-65-67-69-71-73-79(87)84-76(75-91-83-82(90)81(89)80(88)78(74-85)92-83)77(86)72-70-68-66-64-62-60-58-56-54-52-50-48-46-44-42-36-34-32-30-28-26-24-22-20-18-16-14-12-10-8-6-4-2/h5,7,11,13,17,19,23,25,62,64,70,72,76-78,80-83,85-86,88-90H,3-4,6,8-10,12,14-16,18,20-22,24,26-61,63,65-69,71,73-75H2,1-2H3,(H,84,87)/b7-5-,13-11-,19-17-,25-23-,64-62+,72-70+. The van der Waals surface area contributed by atoms with Gasteiger partial charge in [0, 0.05) is 6.42 Å². The summed E-state index contributed by atoms with van der Waals surface area (Å²) in [5.74, 6) is -0.180. The number of amides is 1. The third kappa shape index (κ3) is 58.9. The monoisotopic (exact) mass is 1290 g/mol. The van der Waals surface area contributed by atoms with Crippen LogP contribution in [0.25, 0.3) is 0 Å². The van der Waals surface area contributed by atoms with Gasteiger partial charge in [0.15, 0.2) is 6.29 Å². The Morgan fingerprint density at radius 1 is 0.380 bits per heavy atom. The molecule has 92 heavy (non-hydrogen) atoms. The van der Waals surface area contributed by atoms with Crippen LogP contribution < -0.4 is 5.32 Å². The first-order chi connectivity index (χ1) is 45.3. The van der Waals surface area contributed by atoms with Crippen LogP contribution in [-0.4, -0.2) is 87.5 Å².